The first-order chi connectivity index (χ1) is 6.15. The number of halogens is 1. The molecular weight excluding hydrogens is 230 g/mol. The Labute approximate surface area is 86.9 Å². The van der Waals surface area contributed by atoms with Crippen LogP contribution in [0.2, 0.25) is 0 Å². The Kier molecular flexibility index (Phi) is 3.52. The summed E-state index contributed by atoms with van der Waals surface area (Å²) in [5, 5.41) is 4.16. The summed E-state index contributed by atoms with van der Waals surface area (Å²) in [7, 11) is 4.04. The van der Waals surface area contributed by atoms with Gasteiger partial charge in [-0.3, -0.25) is 4.68 Å². The molecule has 3 nitrogen and oxygen atoms in total. The molecule has 1 aromatic rings. The fourth-order valence-electron chi connectivity index (χ4n) is 0.970. The minimum Gasteiger partial charge on any atom is -0.308 e. The Bertz CT molecular complexity index is 322. The van der Waals surface area contributed by atoms with E-state index in [0.717, 1.165) is 23.3 Å². The second kappa shape index (κ2) is 4.45. The van der Waals surface area contributed by atoms with Crippen LogP contribution >= 0.6 is 15.9 Å². The molecule has 0 saturated carbocycles. The molecule has 0 fully saturated rings. The minimum absolute atomic E-state index is 0.807. The fraction of sp³-hybridized carbons (Fsp3) is 0.444. The molecule has 1 rings (SSSR count). The lowest BCUT2D eigenvalue weighted by atomic mass is 10.4. The molecule has 0 bridgehead atoms. The third kappa shape index (κ3) is 2.58. The zero-order valence-corrected chi connectivity index (χ0v) is 9.37. The average molecular weight is 242 g/mol. The van der Waals surface area contributed by atoms with Gasteiger partial charge in [-0.25, -0.2) is 0 Å². The van der Waals surface area contributed by atoms with Crippen molar-refractivity contribution in [3.8, 4) is 12.3 Å². The van der Waals surface area contributed by atoms with Crippen molar-refractivity contribution < 1.29 is 0 Å². The Morgan fingerprint density at radius 2 is 2.38 bits per heavy atom. The van der Waals surface area contributed by atoms with Gasteiger partial charge < -0.3 is 4.90 Å². The van der Waals surface area contributed by atoms with Crippen LogP contribution < -0.4 is 0 Å². The molecular formula is C9H12BrN3. The maximum absolute atomic E-state index is 5.35. The monoisotopic (exact) mass is 241 g/mol. The highest BCUT2D eigenvalue weighted by Crippen LogP contribution is 2.14. The van der Waals surface area contributed by atoms with Crippen LogP contribution in [0.25, 0.3) is 0 Å². The van der Waals surface area contributed by atoms with Crippen molar-refractivity contribution in [3.63, 3.8) is 0 Å². The Morgan fingerprint density at radius 1 is 1.69 bits per heavy atom. The number of terminal acetylenes is 1. The second-order valence-corrected chi connectivity index (χ2v) is 3.87. The van der Waals surface area contributed by atoms with Gasteiger partial charge >= 0.3 is 0 Å². The first kappa shape index (κ1) is 10.3. The summed E-state index contributed by atoms with van der Waals surface area (Å²) in [5.74, 6) is 2.60. The number of nitrogens with zero attached hydrogens (tertiary/aromatic N) is 3. The van der Waals surface area contributed by atoms with Crippen LogP contribution in [0.4, 0.5) is 0 Å². The topological polar surface area (TPSA) is 21.1 Å². The predicted octanol–water partition coefficient (Wildman–Crippen LogP) is 1.19. The summed E-state index contributed by atoms with van der Waals surface area (Å²) in [4.78, 5) is 2.09. The van der Waals surface area contributed by atoms with E-state index in [2.05, 4.69) is 31.8 Å². The highest BCUT2D eigenvalue weighted by atomic mass is 79.9. The summed E-state index contributed by atoms with van der Waals surface area (Å²) >= 11 is 3.34. The van der Waals surface area contributed by atoms with Gasteiger partial charge in [0, 0.05) is 6.54 Å². The maximum Gasteiger partial charge on any atom is 0.125 e. The molecule has 0 spiro atoms. The van der Waals surface area contributed by atoms with Gasteiger partial charge in [-0.05, 0) is 35.9 Å². The van der Waals surface area contributed by atoms with Gasteiger partial charge in [0.2, 0.25) is 0 Å². The van der Waals surface area contributed by atoms with Crippen LogP contribution in [0.15, 0.2) is 10.7 Å². The zero-order chi connectivity index (χ0) is 9.84. The van der Waals surface area contributed by atoms with E-state index in [9.17, 15) is 0 Å². The lowest BCUT2D eigenvalue weighted by molar-refractivity contribution is 0.372. The summed E-state index contributed by atoms with van der Waals surface area (Å²) in [6.45, 7) is 1.75. The van der Waals surface area contributed by atoms with Gasteiger partial charge in [-0.15, -0.1) is 6.42 Å². The molecule has 1 heterocycles. The van der Waals surface area contributed by atoms with Crippen molar-refractivity contribution in [1.29, 1.82) is 0 Å². The normalized spacial score (nSPS) is 10.4. The van der Waals surface area contributed by atoms with E-state index in [1.165, 1.54) is 0 Å². The lowest BCUT2D eigenvalue weighted by Crippen LogP contribution is -2.19. The van der Waals surface area contributed by atoms with E-state index in [0.29, 0.717) is 0 Å². The van der Waals surface area contributed by atoms with E-state index < -0.39 is 0 Å². The lowest BCUT2D eigenvalue weighted by Gasteiger charge is -2.09. The maximum atomic E-state index is 5.35. The van der Waals surface area contributed by atoms with Crippen molar-refractivity contribution in [2.75, 3.05) is 20.6 Å². The molecule has 13 heavy (non-hydrogen) atoms. The fourth-order valence-corrected chi connectivity index (χ4v) is 1.38. The Balaban J connectivity index is 2.73. The van der Waals surface area contributed by atoms with Crippen LogP contribution in [0.5, 0.6) is 0 Å². The van der Waals surface area contributed by atoms with Crippen LogP contribution in [0.1, 0.15) is 5.69 Å². The summed E-state index contributed by atoms with van der Waals surface area (Å²) in [6.07, 6.45) is 7.07. The average Bonchev–Trinajstić information content (AvgIpc) is 2.42. The summed E-state index contributed by atoms with van der Waals surface area (Å²) < 4.78 is 2.71. The number of rotatable bonds is 3. The molecule has 0 aliphatic carbocycles. The standard InChI is InChI=1S/C9H12BrN3/c1-4-9-8(10)7-11-13(9)6-5-12(2)3/h1,7H,5-6H2,2-3H3. The first-order valence-corrected chi connectivity index (χ1v) is 4.77. The van der Waals surface area contributed by atoms with Gasteiger partial charge in [0.25, 0.3) is 0 Å². The smallest absolute Gasteiger partial charge is 0.125 e. The number of aromatic nitrogens is 2. The van der Waals surface area contributed by atoms with Crippen LogP contribution in [0.3, 0.4) is 0 Å². The van der Waals surface area contributed by atoms with Gasteiger partial charge in [0.15, 0.2) is 0 Å². The van der Waals surface area contributed by atoms with Gasteiger partial charge in [-0.2, -0.15) is 5.10 Å². The highest BCUT2D eigenvalue weighted by molar-refractivity contribution is 9.10. The van der Waals surface area contributed by atoms with Crippen molar-refractivity contribution in [2.24, 2.45) is 0 Å². The Morgan fingerprint density at radius 3 is 2.92 bits per heavy atom. The second-order valence-electron chi connectivity index (χ2n) is 3.01. The van der Waals surface area contributed by atoms with Crippen molar-refractivity contribution in [3.05, 3.63) is 16.4 Å². The predicted molar refractivity (Wildman–Crippen MR) is 56.4 cm³/mol. The molecule has 0 unspecified atom stereocenters. The van der Waals surface area contributed by atoms with E-state index in [1.807, 2.05) is 18.8 Å². The van der Waals surface area contributed by atoms with Crippen LogP contribution in [-0.4, -0.2) is 35.3 Å². The third-order valence-electron chi connectivity index (χ3n) is 1.69. The van der Waals surface area contributed by atoms with Crippen LogP contribution in [-0.2, 0) is 6.54 Å². The molecule has 1 aromatic heterocycles. The quantitative estimate of drug-likeness (QED) is 0.742. The molecule has 0 radical (unpaired) electrons. The van der Waals surface area contributed by atoms with E-state index in [4.69, 9.17) is 6.42 Å². The van der Waals surface area contributed by atoms with E-state index >= 15 is 0 Å². The summed E-state index contributed by atoms with van der Waals surface area (Å²) in [6, 6.07) is 0. The highest BCUT2D eigenvalue weighted by Gasteiger charge is 2.05. The van der Waals surface area contributed by atoms with Crippen molar-refractivity contribution in [2.45, 2.75) is 6.54 Å². The third-order valence-corrected chi connectivity index (χ3v) is 2.27. The largest absolute Gasteiger partial charge is 0.308 e. The number of hydrogen-bond acceptors (Lipinski definition) is 2. The van der Waals surface area contributed by atoms with Crippen molar-refractivity contribution >= 4 is 15.9 Å². The number of hydrogen-bond donors (Lipinski definition) is 0. The molecule has 0 atom stereocenters. The molecule has 4 heteroatoms. The molecule has 0 aromatic carbocycles. The Hall–Kier alpha value is -0.790. The van der Waals surface area contributed by atoms with Crippen LogP contribution in [0, 0.1) is 12.3 Å². The first-order valence-electron chi connectivity index (χ1n) is 3.98. The molecule has 0 amide bonds. The molecule has 0 N–H and O–H groups in total. The molecule has 70 valence electrons. The zero-order valence-electron chi connectivity index (χ0n) is 7.79. The molecule has 0 aliphatic rings. The summed E-state index contributed by atoms with van der Waals surface area (Å²) in [5.41, 5.74) is 0.807. The van der Waals surface area contributed by atoms with Gasteiger partial charge in [-0.1, -0.05) is 0 Å². The van der Waals surface area contributed by atoms with Gasteiger partial charge in [0.05, 0.1) is 17.2 Å². The van der Waals surface area contributed by atoms with Crippen molar-refractivity contribution in [1.82, 2.24) is 14.7 Å². The minimum atomic E-state index is 0.807. The molecule has 0 saturated heterocycles. The van der Waals surface area contributed by atoms with E-state index in [1.54, 1.807) is 6.20 Å². The van der Waals surface area contributed by atoms with Gasteiger partial charge in [0.1, 0.15) is 5.69 Å². The SMILES string of the molecule is C#Cc1c(Br)cnn1CCN(C)C. The number of likely N-dealkylation sites (N-methyl/N-ethyl adjacent to an activating group) is 1. The molecule has 0 aliphatic heterocycles. The van der Waals surface area contributed by atoms with E-state index in [-0.39, 0.29) is 0 Å².